The van der Waals surface area contributed by atoms with Crippen molar-refractivity contribution in [3.8, 4) is 0 Å². The maximum Gasteiger partial charge on any atom is 0.410 e. The van der Waals surface area contributed by atoms with Gasteiger partial charge in [-0.15, -0.1) is 0 Å². The highest BCUT2D eigenvalue weighted by Crippen LogP contribution is 2.31. The van der Waals surface area contributed by atoms with Crippen molar-refractivity contribution in [3.63, 3.8) is 0 Å². The van der Waals surface area contributed by atoms with Crippen LogP contribution in [0.1, 0.15) is 57.0 Å². The molecule has 0 unspecified atom stereocenters. The van der Waals surface area contributed by atoms with Gasteiger partial charge in [-0.05, 0) is 46.5 Å². The number of aromatic nitrogens is 1. The van der Waals surface area contributed by atoms with Gasteiger partial charge in [-0.25, -0.2) is 9.78 Å². The average Bonchev–Trinajstić information content (AvgIpc) is 2.95. The topological polar surface area (TPSA) is 91.8 Å². The molecule has 2 amide bonds. The molecule has 1 aliphatic heterocycles. The second kappa shape index (κ2) is 7.52. The number of amides is 2. The van der Waals surface area contributed by atoms with Gasteiger partial charge < -0.3 is 20.1 Å². The Hall–Kier alpha value is -1.67. The molecule has 1 aromatic rings. The molecule has 1 fully saturated rings. The number of carbonyl (C=O) groups is 2. The maximum absolute atomic E-state index is 12.4. The number of fused-ring (bicyclic) bond motifs is 1. The molecule has 0 radical (unpaired) electrons. The minimum absolute atomic E-state index is 0.0213. The molecular formula is C18H27N3O4S. The van der Waals surface area contributed by atoms with Gasteiger partial charge in [0.25, 0.3) is 0 Å². The molecule has 3 rings (SSSR count). The first-order valence-electron chi connectivity index (χ1n) is 9.16. The van der Waals surface area contributed by atoms with Gasteiger partial charge in [-0.2, -0.15) is 0 Å². The van der Waals surface area contributed by atoms with Crippen LogP contribution in [0.15, 0.2) is 0 Å². The molecule has 0 bridgehead atoms. The van der Waals surface area contributed by atoms with Crippen molar-refractivity contribution in [1.82, 2.24) is 9.88 Å². The highest BCUT2D eigenvalue weighted by molar-refractivity contribution is 7.15. The molecule has 0 saturated heterocycles. The molecule has 0 aromatic carbocycles. The fraction of sp³-hybridized carbons (Fsp3) is 0.722. The number of rotatable bonds is 2. The zero-order chi connectivity index (χ0) is 18.9. The Bertz CT molecular complexity index is 674. The van der Waals surface area contributed by atoms with Gasteiger partial charge >= 0.3 is 6.09 Å². The molecule has 1 saturated carbocycles. The van der Waals surface area contributed by atoms with E-state index in [0.29, 0.717) is 50.3 Å². The summed E-state index contributed by atoms with van der Waals surface area (Å²) in [6, 6.07) is 0. The molecule has 144 valence electrons. The lowest BCUT2D eigenvalue weighted by Gasteiger charge is -2.29. The number of ether oxygens (including phenoxy) is 1. The fourth-order valence-corrected chi connectivity index (χ4v) is 4.30. The van der Waals surface area contributed by atoms with E-state index in [2.05, 4.69) is 10.3 Å². The molecule has 26 heavy (non-hydrogen) atoms. The van der Waals surface area contributed by atoms with Crippen molar-refractivity contribution < 1.29 is 19.4 Å². The third-order valence-corrected chi connectivity index (χ3v) is 5.68. The first-order chi connectivity index (χ1) is 12.2. The van der Waals surface area contributed by atoms with E-state index in [-0.39, 0.29) is 24.0 Å². The lowest BCUT2D eigenvalue weighted by molar-refractivity contribution is -0.121. The summed E-state index contributed by atoms with van der Waals surface area (Å²) in [5, 5.41) is 13.1. The number of aliphatic hydroxyl groups excluding tert-OH is 1. The number of anilines is 1. The van der Waals surface area contributed by atoms with Gasteiger partial charge in [0.1, 0.15) is 5.60 Å². The molecule has 0 atom stereocenters. The average molecular weight is 381 g/mol. The smallest absolute Gasteiger partial charge is 0.410 e. The van der Waals surface area contributed by atoms with E-state index in [9.17, 15) is 14.7 Å². The van der Waals surface area contributed by atoms with Crippen LogP contribution in [0.5, 0.6) is 0 Å². The van der Waals surface area contributed by atoms with E-state index in [1.54, 1.807) is 4.90 Å². The van der Waals surface area contributed by atoms with Gasteiger partial charge in [0.05, 0.1) is 18.3 Å². The normalized spacial score (nSPS) is 23.3. The van der Waals surface area contributed by atoms with Crippen molar-refractivity contribution in [1.29, 1.82) is 0 Å². The number of aliphatic hydroxyl groups is 1. The van der Waals surface area contributed by atoms with Crippen LogP contribution >= 0.6 is 11.3 Å². The van der Waals surface area contributed by atoms with E-state index in [0.717, 1.165) is 10.6 Å². The summed E-state index contributed by atoms with van der Waals surface area (Å²) in [7, 11) is 0. The lowest BCUT2D eigenvalue weighted by Crippen LogP contribution is -2.39. The molecular weight excluding hydrogens is 354 g/mol. The second-order valence-electron chi connectivity index (χ2n) is 8.04. The van der Waals surface area contributed by atoms with Crippen LogP contribution in [0.4, 0.5) is 9.93 Å². The maximum atomic E-state index is 12.4. The molecule has 2 aliphatic rings. The molecule has 1 aliphatic carbocycles. The third-order valence-electron chi connectivity index (χ3n) is 4.68. The Labute approximate surface area is 157 Å². The van der Waals surface area contributed by atoms with Crippen LogP contribution in [0, 0.1) is 5.92 Å². The Morgan fingerprint density at radius 3 is 2.62 bits per heavy atom. The predicted octanol–water partition coefficient (Wildman–Crippen LogP) is 2.93. The zero-order valence-corrected chi connectivity index (χ0v) is 16.4. The van der Waals surface area contributed by atoms with Gasteiger partial charge in [0.2, 0.25) is 5.91 Å². The highest BCUT2D eigenvalue weighted by Gasteiger charge is 2.29. The van der Waals surface area contributed by atoms with E-state index in [4.69, 9.17) is 4.74 Å². The molecule has 8 heteroatoms. The largest absolute Gasteiger partial charge is 0.444 e. The van der Waals surface area contributed by atoms with Crippen LogP contribution in [0.25, 0.3) is 0 Å². The molecule has 2 N–H and O–H groups in total. The summed E-state index contributed by atoms with van der Waals surface area (Å²) in [5.74, 6) is -0.0791. The number of carbonyl (C=O) groups excluding carboxylic acids is 2. The second-order valence-corrected chi connectivity index (χ2v) is 9.12. The SMILES string of the molecule is CC(C)(C)OC(=O)N1CCc2nc(NC(=O)C3CCC(O)CC3)sc2C1. The Morgan fingerprint density at radius 2 is 1.96 bits per heavy atom. The Kier molecular flexibility index (Phi) is 5.53. The fourth-order valence-electron chi connectivity index (χ4n) is 3.28. The Morgan fingerprint density at radius 1 is 1.27 bits per heavy atom. The van der Waals surface area contributed by atoms with E-state index < -0.39 is 5.60 Å². The summed E-state index contributed by atoms with van der Waals surface area (Å²) in [5.41, 5.74) is 0.432. The molecule has 7 nitrogen and oxygen atoms in total. The van der Waals surface area contributed by atoms with Crippen molar-refractivity contribution in [2.75, 3.05) is 11.9 Å². The molecule has 0 spiro atoms. The predicted molar refractivity (Wildman–Crippen MR) is 99.1 cm³/mol. The molecule has 1 aromatic heterocycles. The Balaban J connectivity index is 1.59. The van der Waals surface area contributed by atoms with Crippen LogP contribution in [-0.4, -0.2) is 45.2 Å². The zero-order valence-electron chi connectivity index (χ0n) is 15.6. The van der Waals surface area contributed by atoms with Crippen molar-refractivity contribution >= 4 is 28.5 Å². The number of nitrogens with one attached hydrogen (secondary N) is 1. The summed E-state index contributed by atoms with van der Waals surface area (Å²) in [6.45, 7) is 6.59. The van der Waals surface area contributed by atoms with E-state index >= 15 is 0 Å². The van der Waals surface area contributed by atoms with Crippen molar-refractivity contribution in [2.24, 2.45) is 5.92 Å². The number of hydrogen-bond acceptors (Lipinski definition) is 6. The summed E-state index contributed by atoms with van der Waals surface area (Å²) >= 11 is 1.43. The van der Waals surface area contributed by atoms with Crippen LogP contribution < -0.4 is 5.32 Å². The first kappa shape index (κ1) is 19.1. The highest BCUT2D eigenvalue weighted by atomic mass is 32.1. The number of nitrogens with zero attached hydrogens (tertiary/aromatic N) is 2. The van der Waals surface area contributed by atoms with Crippen LogP contribution in [0.2, 0.25) is 0 Å². The van der Waals surface area contributed by atoms with Gasteiger partial charge in [0.15, 0.2) is 5.13 Å². The lowest BCUT2D eigenvalue weighted by atomic mass is 9.87. The molecule has 2 heterocycles. The van der Waals surface area contributed by atoms with Gasteiger partial charge in [-0.1, -0.05) is 11.3 Å². The van der Waals surface area contributed by atoms with E-state index in [1.807, 2.05) is 20.8 Å². The van der Waals surface area contributed by atoms with Gasteiger partial charge in [0, 0.05) is 23.8 Å². The minimum atomic E-state index is -0.516. The van der Waals surface area contributed by atoms with Crippen molar-refractivity contribution in [2.45, 2.75) is 71.1 Å². The standard InChI is InChI=1S/C18H27N3O4S/c1-18(2,3)25-17(24)21-9-8-13-14(10-21)26-16(19-13)20-15(23)11-4-6-12(22)7-5-11/h11-12,22H,4-10H2,1-3H3,(H,19,20,23). The monoisotopic (exact) mass is 381 g/mol. The summed E-state index contributed by atoms with van der Waals surface area (Å²) in [6.07, 6.45) is 2.85. The third kappa shape index (κ3) is 4.73. The van der Waals surface area contributed by atoms with Crippen LogP contribution in [0.3, 0.4) is 0 Å². The van der Waals surface area contributed by atoms with Crippen molar-refractivity contribution in [3.05, 3.63) is 10.6 Å². The van der Waals surface area contributed by atoms with E-state index in [1.165, 1.54) is 11.3 Å². The summed E-state index contributed by atoms with van der Waals surface area (Å²) in [4.78, 5) is 31.8. The van der Waals surface area contributed by atoms with Gasteiger partial charge in [-0.3, -0.25) is 4.79 Å². The van der Waals surface area contributed by atoms with Crippen LogP contribution in [-0.2, 0) is 22.5 Å². The number of hydrogen-bond donors (Lipinski definition) is 2. The number of thiazole rings is 1. The summed E-state index contributed by atoms with van der Waals surface area (Å²) < 4.78 is 5.43. The quantitative estimate of drug-likeness (QED) is 0.822. The minimum Gasteiger partial charge on any atom is -0.444 e. The first-order valence-corrected chi connectivity index (χ1v) is 9.98.